The van der Waals surface area contributed by atoms with Crippen LogP contribution in [0.2, 0.25) is 0 Å². The summed E-state index contributed by atoms with van der Waals surface area (Å²) in [6, 6.07) is 6.76. The molecule has 1 aromatic carbocycles. The Balaban J connectivity index is 0. The van der Waals surface area contributed by atoms with Gasteiger partial charge in [0.25, 0.3) is 0 Å². The van der Waals surface area contributed by atoms with Gasteiger partial charge in [0.15, 0.2) is 5.96 Å². The van der Waals surface area contributed by atoms with Crippen molar-refractivity contribution in [1.29, 1.82) is 0 Å². The van der Waals surface area contributed by atoms with E-state index in [9.17, 15) is 4.79 Å². The second kappa shape index (κ2) is 11.2. The average Bonchev–Trinajstić information content (AvgIpc) is 2.32. The molecule has 0 saturated heterocycles. The molecule has 1 atom stereocenters. The fraction of sp³-hybridized carbons (Fsp3) is 0.429. The van der Waals surface area contributed by atoms with Gasteiger partial charge in [-0.2, -0.15) is 0 Å². The van der Waals surface area contributed by atoms with Crippen molar-refractivity contribution >= 4 is 17.9 Å². The maximum absolute atomic E-state index is 10.3. The van der Waals surface area contributed by atoms with E-state index in [0.29, 0.717) is 12.1 Å². The van der Waals surface area contributed by atoms with E-state index in [4.69, 9.17) is 17.2 Å². The van der Waals surface area contributed by atoms with Crippen molar-refractivity contribution in [2.75, 3.05) is 0 Å². The minimum absolute atomic E-state index is 0. The van der Waals surface area contributed by atoms with Crippen molar-refractivity contribution < 1.29 is 4.79 Å². The van der Waals surface area contributed by atoms with Crippen molar-refractivity contribution in [3.8, 4) is 0 Å². The second-order valence-corrected chi connectivity index (χ2v) is 3.91. The summed E-state index contributed by atoms with van der Waals surface area (Å²) in [6.45, 7) is 4.25. The van der Waals surface area contributed by atoms with E-state index in [1.54, 1.807) is 12.1 Å². The Labute approximate surface area is 115 Å². The van der Waals surface area contributed by atoms with E-state index in [-0.39, 0.29) is 13.4 Å². The van der Waals surface area contributed by atoms with Gasteiger partial charge in [-0.1, -0.05) is 39.8 Å². The van der Waals surface area contributed by atoms with Crippen LogP contribution in [-0.4, -0.2) is 18.3 Å². The highest BCUT2D eigenvalue weighted by atomic mass is 16.1. The number of nitrogens with two attached hydrogens (primary N) is 3. The van der Waals surface area contributed by atoms with Gasteiger partial charge in [0.05, 0.1) is 11.7 Å². The van der Waals surface area contributed by atoms with Crippen molar-refractivity contribution in [1.82, 2.24) is 0 Å². The Morgan fingerprint density at radius 3 is 2.11 bits per heavy atom. The first-order chi connectivity index (χ1) is 8.53. The first-order valence-electron chi connectivity index (χ1n) is 5.92. The maximum atomic E-state index is 10.3. The van der Waals surface area contributed by atoms with Gasteiger partial charge in [-0.25, -0.2) is 4.99 Å². The minimum atomic E-state index is -0.459. The molecular formula is C14H26N4O. The highest BCUT2D eigenvalue weighted by molar-refractivity contribution is 5.78. The van der Waals surface area contributed by atoms with Crippen LogP contribution in [0, 0.1) is 0 Å². The molecular weight excluding hydrogens is 240 g/mol. The summed E-state index contributed by atoms with van der Waals surface area (Å²) in [4.78, 5) is 14.2. The van der Waals surface area contributed by atoms with Crippen LogP contribution in [0.1, 0.15) is 33.3 Å². The Kier molecular flexibility index (Phi) is 11.5. The fourth-order valence-corrected chi connectivity index (χ4v) is 1.18. The van der Waals surface area contributed by atoms with Crippen LogP contribution >= 0.6 is 0 Å². The first kappa shape index (κ1) is 19.5. The Bertz CT molecular complexity index is 370. The van der Waals surface area contributed by atoms with E-state index in [0.717, 1.165) is 11.8 Å². The van der Waals surface area contributed by atoms with Gasteiger partial charge in [0.1, 0.15) is 6.29 Å². The van der Waals surface area contributed by atoms with Crippen molar-refractivity contribution in [2.24, 2.45) is 22.2 Å². The molecule has 5 nitrogen and oxygen atoms in total. The van der Waals surface area contributed by atoms with Crippen LogP contribution in [0.4, 0.5) is 5.69 Å². The number of guanidine groups is 1. The van der Waals surface area contributed by atoms with Crippen molar-refractivity contribution in [3.05, 3.63) is 29.8 Å². The minimum Gasteiger partial charge on any atom is -0.370 e. The summed E-state index contributed by atoms with van der Waals surface area (Å²) in [5.74, 6) is 0.0207. The molecule has 0 aliphatic rings. The predicted octanol–water partition coefficient (Wildman–Crippen LogP) is 1.71. The number of benzene rings is 1. The van der Waals surface area contributed by atoms with Crippen LogP contribution in [-0.2, 0) is 11.2 Å². The highest BCUT2D eigenvalue weighted by Gasteiger charge is 2.01. The lowest BCUT2D eigenvalue weighted by molar-refractivity contribution is -0.108. The molecule has 6 N–H and O–H groups in total. The van der Waals surface area contributed by atoms with Crippen LogP contribution < -0.4 is 17.2 Å². The van der Waals surface area contributed by atoms with Crippen LogP contribution in [0.25, 0.3) is 0 Å². The molecule has 0 aliphatic carbocycles. The molecule has 0 amide bonds. The summed E-state index contributed by atoms with van der Waals surface area (Å²) < 4.78 is 0. The summed E-state index contributed by atoms with van der Waals surface area (Å²) >= 11 is 0. The molecule has 0 aliphatic heterocycles. The zero-order valence-electron chi connectivity index (χ0n) is 11.0. The Hall–Kier alpha value is -1.88. The number of carbonyl (C=O) groups excluding carboxylic acids is 1. The average molecular weight is 266 g/mol. The first-order valence-corrected chi connectivity index (χ1v) is 5.92. The molecule has 1 unspecified atom stereocenters. The molecule has 0 spiro atoms. The summed E-state index contributed by atoms with van der Waals surface area (Å²) in [7, 11) is 0. The summed E-state index contributed by atoms with van der Waals surface area (Å²) in [6.07, 6.45) is 2.50. The normalized spacial score (nSPS) is 10.3. The van der Waals surface area contributed by atoms with Gasteiger partial charge in [-0.3, -0.25) is 0 Å². The lowest BCUT2D eigenvalue weighted by atomic mass is 10.1. The quantitative estimate of drug-likeness (QED) is 0.438. The van der Waals surface area contributed by atoms with E-state index < -0.39 is 6.04 Å². The third-order valence-corrected chi connectivity index (χ3v) is 1.84. The standard InChI is InChI=1S/C10H14N4O.C3H8.CH4/c11-8(6-15)5-7-1-3-9(4-2-7)14-10(12)13;1-3-2;/h1-4,6,8H,5,11H2,(H4,12,13,14);3H2,1-2H3;1H4. The Morgan fingerprint density at radius 2 is 1.74 bits per heavy atom. The molecule has 108 valence electrons. The molecule has 5 heteroatoms. The molecule has 1 aromatic rings. The molecule has 0 heterocycles. The summed E-state index contributed by atoms with van der Waals surface area (Å²) in [5.41, 5.74) is 17.6. The maximum Gasteiger partial charge on any atom is 0.191 e. The second-order valence-electron chi connectivity index (χ2n) is 3.91. The number of nitrogens with zero attached hydrogens (tertiary/aromatic N) is 1. The molecule has 0 aromatic heterocycles. The monoisotopic (exact) mass is 266 g/mol. The van der Waals surface area contributed by atoms with Gasteiger partial charge in [0, 0.05) is 0 Å². The van der Waals surface area contributed by atoms with Gasteiger partial charge < -0.3 is 22.0 Å². The smallest absolute Gasteiger partial charge is 0.191 e. The molecule has 1 rings (SSSR count). The van der Waals surface area contributed by atoms with E-state index >= 15 is 0 Å². The SMILES string of the molecule is C.CCC.NC(N)=Nc1ccc(CC(N)C=O)cc1. The van der Waals surface area contributed by atoms with Crippen molar-refractivity contribution in [2.45, 2.75) is 40.2 Å². The number of aldehydes is 1. The van der Waals surface area contributed by atoms with E-state index in [1.165, 1.54) is 6.42 Å². The lowest BCUT2D eigenvalue weighted by Gasteiger charge is -2.04. The van der Waals surface area contributed by atoms with Crippen LogP contribution in [0.3, 0.4) is 0 Å². The molecule has 19 heavy (non-hydrogen) atoms. The lowest BCUT2D eigenvalue weighted by Crippen LogP contribution is -2.24. The number of aliphatic imine (C=N–C) groups is 1. The van der Waals surface area contributed by atoms with Crippen LogP contribution in [0.15, 0.2) is 29.3 Å². The largest absolute Gasteiger partial charge is 0.370 e. The number of rotatable bonds is 4. The summed E-state index contributed by atoms with van der Waals surface area (Å²) in [5, 5.41) is 0. The fourth-order valence-electron chi connectivity index (χ4n) is 1.18. The topological polar surface area (TPSA) is 107 Å². The zero-order valence-corrected chi connectivity index (χ0v) is 11.0. The third-order valence-electron chi connectivity index (χ3n) is 1.84. The molecule has 0 radical (unpaired) electrons. The molecule has 0 bridgehead atoms. The van der Waals surface area contributed by atoms with Gasteiger partial charge in [-0.15, -0.1) is 0 Å². The predicted molar refractivity (Wildman–Crippen MR) is 82.4 cm³/mol. The highest BCUT2D eigenvalue weighted by Crippen LogP contribution is 2.13. The molecule has 0 saturated carbocycles. The van der Waals surface area contributed by atoms with Gasteiger partial charge in [0.2, 0.25) is 0 Å². The number of carbonyl (C=O) groups is 1. The third kappa shape index (κ3) is 9.79. The van der Waals surface area contributed by atoms with Gasteiger partial charge >= 0.3 is 0 Å². The van der Waals surface area contributed by atoms with Crippen molar-refractivity contribution in [3.63, 3.8) is 0 Å². The van der Waals surface area contributed by atoms with E-state index in [2.05, 4.69) is 18.8 Å². The van der Waals surface area contributed by atoms with Gasteiger partial charge in [-0.05, 0) is 24.1 Å². The zero-order chi connectivity index (χ0) is 14.0. The number of hydrogen-bond acceptors (Lipinski definition) is 3. The van der Waals surface area contributed by atoms with E-state index in [1.807, 2.05) is 12.1 Å². The molecule has 0 fully saturated rings. The number of hydrogen-bond donors (Lipinski definition) is 3. The Morgan fingerprint density at radius 1 is 1.26 bits per heavy atom. The van der Waals surface area contributed by atoms with Crippen LogP contribution in [0.5, 0.6) is 0 Å².